The molecule has 2 fully saturated rings. The van der Waals surface area contributed by atoms with E-state index in [4.69, 9.17) is 9.97 Å². The molecule has 3 aromatic rings. The van der Waals surface area contributed by atoms with E-state index in [9.17, 15) is 14.7 Å². The van der Waals surface area contributed by atoms with Crippen LogP contribution in [0.15, 0.2) is 30.3 Å². The minimum absolute atomic E-state index is 0.0921. The van der Waals surface area contributed by atoms with Gasteiger partial charge < -0.3 is 26.0 Å². The van der Waals surface area contributed by atoms with Gasteiger partial charge in [-0.3, -0.25) is 9.59 Å². The van der Waals surface area contributed by atoms with Crippen molar-refractivity contribution >= 4 is 33.5 Å². The molecule has 4 heterocycles. The zero-order valence-electron chi connectivity index (χ0n) is 26.2. The Kier molecular flexibility index (Phi) is 9.33. The first kappa shape index (κ1) is 31.1. The largest absolute Gasteiger partial charge is 0.393 e. The van der Waals surface area contributed by atoms with Gasteiger partial charge in [0.15, 0.2) is 5.01 Å². The second-order valence-corrected chi connectivity index (χ2v) is 14.9. The van der Waals surface area contributed by atoms with Gasteiger partial charge in [-0.2, -0.15) is 0 Å². The van der Waals surface area contributed by atoms with Crippen LogP contribution >= 0.6 is 11.3 Å². The van der Waals surface area contributed by atoms with Crippen molar-refractivity contribution in [3.05, 3.63) is 57.7 Å². The second kappa shape index (κ2) is 13.2. The van der Waals surface area contributed by atoms with Crippen molar-refractivity contribution in [1.29, 1.82) is 0 Å². The molecule has 0 bridgehead atoms. The Labute approximate surface area is 264 Å². The summed E-state index contributed by atoms with van der Waals surface area (Å²) in [7, 11) is 0. The van der Waals surface area contributed by atoms with Crippen molar-refractivity contribution in [2.45, 2.75) is 83.9 Å². The number of nitrogens with one attached hydrogen (secondary N) is 3. The smallest absolute Gasteiger partial charge is 0.280 e. The molecule has 2 aromatic heterocycles. The Morgan fingerprint density at radius 3 is 2.68 bits per heavy atom. The van der Waals surface area contributed by atoms with Crippen molar-refractivity contribution in [2.75, 3.05) is 32.7 Å². The number of pyridine rings is 1. The number of carbonyl (C=O) groups excluding carboxylic acids is 2. The maximum atomic E-state index is 13.7. The number of aliphatic hydroxyl groups excluding tert-OH is 1. The van der Waals surface area contributed by atoms with Crippen LogP contribution in [-0.2, 0) is 12.8 Å². The first-order valence-corrected chi connectivity index (χ1v) is 17.1. The number of thiazole rings is 1. The highest BCUT2D eigenvalue weighted by atomic mass is 32.1. The monoisotopic (exact) mass is 618 g/mol. The van der Waals surface area contributed by atoms with E-state index in [0.717, 1.165) is 92.9 Å². The molecule has 9 nitrogen and oxygen atoms in total. The third-order valence-electron chi connectivity index (χ3n) is 9.71. The molecule has 44 heavy (non-hydrogen) atoms. The van der Waals surface area contributed by atoms with Gasteiger partial charge in [0, 0.05) is 43.5 Å². The number of fused-ring (bicyclic) bond motifs is 2. The van der Waals surface area contributed by atoms with E-state index in [1.807, 2.05) is 24.3 Å². The summed E-state index contributed by atoms with van der Waals surface area (Å²) in [5.74, 6) is 0.294. The Hall–Kier alpha value is -2.92. The van der Waals surface area contributed by atoms with E-state index >= 15 is 0 Å². The molecule has 3 atom stereocenters. The summed E-state index contributed by atoms with van der Waals surface area (Å²) < 4.78 is 0. The summed E-state index contributed by atoms with van der Waals surface area (Å²) >= 11 is 1.35. The van der Waals surface area contributed by atoms with Crippen LogP contribution in [0.5, 0.6) is 0 Å². The molecule has 0 radical (unpaired) electrons. The summed E-state index contributed by atoms with van der Waals surface area (Å²) in [6, 6.07) is 9.60. The fourth-order valence-corrected chi connectivity index (χ4v) is 7.63. The van der Waals surface area contributed by atoms with Crippen molar-refractivity contribution < 1.29 is 14.7 Å². The van der Waals surface area contributed by atoms with Crippen LogP contribution in [0.3, 0.4) is 0 Å². The van der Waals surface area contributed by atoms with Gasteiger partial charge in [0.25, 0.3) is 11.8 Å². The van der Waals surface area contributed by atoms with Gasteiger partial charge in [0.05, 0.1) is 12.1 Å². The van der Waals surface area contributed by atoms with Crippen molar-refractivity contribution in [1.82, 2.24) is 30.8 Å². The summed E-state index contributed by atoms with van der Waals surface area (Å²) in [5.41, 5.74) is 4.93. The molecule has 1 aliphatic carbocycles. The number of piperidine rings is 1. The molecule has 10 heteroatoms. The van der Waals surface area contributed by atoms with Crippen molar-refractivity contribution in [3.8, 4) is 0 Å². The van der Waals surface area contributed by atoms with Crippen LogP contribution in [0, 0.1) is 11.3 Å². The van der Waals surface area contributed by atoms with Crippen LogP contribution < -0.4 is 16.0 Å². The molecular formula is C34H46N6O3S. The number of aryl methyl sites for hydroxylation is 1. The number of benzene rings is 1. The Morgan fingerprint density at radius 2 is 1.93 bits per heavy atom. The number of carbonyl (C=O) groups is 2. The molecule has 1 aromatic carbocycles. The SMILES string of the molecule is CC(C)(C)[C@H]1CCc2nc3sc(C(=O)N[C@H](CCN4CCC(O)CC4)c4cccc(C(=O)N[C@@H]5CCNC5)c4)nc3cc2C1. The number of aliphatic hydroxyl groups is 1. The van der Waals surface area contributed by atoms with E-state index in [1.54, 1.807) is 0 Å². The number of amides is 2. The second-order valence-electron chi connectivity index (χ2n) is 13.9. The summed E-state index contributed by atoms with van der Waals surface area (Å²) in [5, 5.41) is 20.0. The zero-order chi connectivity index (χ0) is 30.8. The Balaban J connectivity index is 1.21. The molecule has 2 saturated heterocycles. The molecular weight excluding hydrogens is 572 g/mol. The highest BCUT2D eigenvalue weighted by Gasteiger charge is 2.30. The first-order valence-electron chi connectivity index (χ1n) is 16.2. The van der Waals surface area contributed by atoms with Crippen LogP contribution in [0.1, 0.15) is 95.9 Å². The fourth-order valence-electron chi connectivity index (χ4n) is 6.79. The highest BCUT2D eigenvalue weighted by molar-refractivity contribution is 7.19. The molecule has 2 amide bonds. The molecule has 236 valence electrons. The molecule has 0 spiro atoms. The number of rotatable bonds is 8. The summed E-state index contributed by atoms with van der Waals surface area (Å²) in [6.45, 7) is 11.1. The van der Waals surface area contributed by atoms with E-state index in [2.05, 4.69) is 47.7 Å². The molecule has 3 aliphatic rings. The van der Waals surface area contributed by atoms with Crippen LogP contribution in [0.2, 0.25) is 0 Å². The van der Waals surface area contributed by atoms with Gasteiger partial charge in [-0.25, -0.2) is 9.97 Å². The summed E-state index contributed by atoms with van der Waals surface area (Å²) in [6.07, 6.45) is 6.00. The van der Waals surface area contributed by atoms with Crippen LogP contribution in [-0.4, -0.2) is 76.7 Å². The first-order chi connectivity index (χ1) is 21.1. The number of hydrogen-bond acceptors (Lipinski definition) is 8. The molecule has 0 unspecified atom stereocenters. The minimum Gasteiger partial charge on any atom is -0.393 e. The van der Waals surface area contributed by atoms with E-state index in [1.165, 1.54) is 16.9 Å². The normalized spacial score (nSPS) is 22.1. The lowest BCUT2D eigenvalue weighted by atomic mass is 9.71. The van der Waals surface area contributed by atoms with Gasteiger partial charge in [-0.1, -0.05) is 44.2 Å². The molecule has 0 saturated carbocycles. The lowest BCUT2D eigenvalue weighted by molar-refractivity contribution is 0.0795. The van der Waals surface area contributed by atoms with E-state index in [0.29, 0.717) is 22.9 Å². The van der Waals surface area contributed by atoms with E-state index < -0.39 is 0 Å². The number of nitrogens with zero attached hydrogens (tertiary/aromatic N) is 3. The van der Waals surface area contributed by atoms with Crippen molar-refractivity contribution in [2.24, 2.45) is 11.3 Å². The molecule has 6 rings (SSSR count). The number of hydrogen-bond donors (Lipinski definition) is 4. The minimum atomic E-state index is -0.295. The fraction of sp³-hybridized carbons (Fsp3) is 0.588. The van der Waals surface area contributed by atoms with Gasteiger partial charge >= 0.3 is 0 Å². The van der Waals surface area contributed by atoms with E-state index in [-0.39, 0.29) is 35.4 Å². The van der Waals surface area contributed by atoms with Crippen molar-refractivity contribution in [3.63, 3.8) is 0 Å². The number of likely N-dealkylation sites (tertiary alicyclic amines) is 1. The third-order valence-corrected chi connectivity index (χ3v) is 10.7. The Morgan fingerprint density at radius 1 is 1.11 bits per heavy atom. The zero-order valence-corrected chi connectivity index (χ0v) is 27.0. The average molecular weight is 619 g/mol. The maximum Gasteiger partial charge on any atom is 0.280 e. The molecule has 2 aliphatic heterocycles. The maximum absolute atomic E-state index is 13.7. The van der Waals surface area contributed by atoms with Crippen LogP contribution in [0.25, 0.3) is 10.3 Å². The molecule has 4 N–H and O–H groups in total. The van der Waals surface area contributed by atoms with Gasteiger partial charge in [-0.15, -0.1) is 0 Å². The number of aromatic nitrogens is 2. The summed E-state index contributed by atoms with van der Waals surface area (Å²) in [4.78, 5) is 39.6. The third kappa shape index (κ3) is 7.30. The topological polar surface area (TPSA) is 119 Å². The average Bonchev–Trinajstić information content (AvgIpc) is 3.68. The quantitative estimate of drug-likeness (QED) is 0.298. The predicted octanol–water partition coefficient (Wildman–Crippen LogP) is 4.25. The van der Waals surface area contributed by atoms with Gasteiger partial charge in [-0.05, 0) is 92.1 Å². The predicted molar refractivity (Wildman–Crippen MR) is 174 cm³/mol. The van der Waals surface area contributed by atoms with Crippen LogP contribution in [0.4, 0.5) is 0 Å². The van der Waals surface area contributed by atoms with Gasteiger partial charge in [0.2, 0.25) is 0 Å². The lowest BCUT2D eigenvalue weighted by Gasteiger charge is -2.34. The lowest BCUT2D eigenvalue weighted by Crippen LogP contribution is -2.38. The Bertz CT molecular complexity index is 1490. The highest BCUT2D eigenvalue weighted by Crippen LogP contribution is 2.38. The standard InChI is InChI=1S/C34H46N6O3S/c1-34(2,3)24-7-8-27-23(18-24)19-29-32(38-27)44-33(39-29)31(43)37-28(12-16-40-14-10-26(41)11-15-40)21-5-4-6-22(17-21)30(42)36-25-9-13-35-20-25/h4-6,17,19,24-26,28,35,41H,7-16,18,20H2,1-3H3,(H,36,42)(H,37,43)/t24-,25+,28+/m0/s1. The van der Waals surface area contributed by atoms with Gasteiger partial charge in [0.1, 0.15) is 10.3 Å².